The molecule has 0 aliphatic heterocycles. The molecule has 0 saturated carbocycles. The highest BCUT2D eigenvalue weighted by Gasteiger charge is 2.12. The van der Waals surface area contributed by atoms with Crippen molar-refractivity contribution in [3.63, 3.8) is 0 Å². The summed E-state index contributed by atoms with van der Waals surface area (Å²) in [5.74, 6) is -0.583. The molecular weight excluding hydrogens is 276 g/mol. The minimum Gasteiger partial charge on any atom is -0.281 e. The Morgan fingerprint density at radius 1 is 1.38 bits per heavy atom. The van der Waals surface area contributed by atoms with Gasteiger partial charge < -0.3 is 0 Å². The molecule has 7 heteroatoms. The van der Waals surface area contributed by atoms with Crippen LogP contribution >= 0.6 is 23.2 Å². The molecule has 0 saturated heterocycles. The van der Waals surface area contributed by atoms with E-state index in [0.717, 1.165) is 6.07 Å². The normalized spacial score (nSPS) is 11.4. The fourth-order valence-corrected chi connectivity index (χ4v) is 2.62. The Morgan fingerprint density at radius 3 is 2.69 bits per heavy atom. The standard InChI is InChI=1S/C9H10Cl2FNO2S/c10-4-1-5-16(14,15)13-9-6-7(11)2-3-8(9)12/h2-3,6,13H,1,4-5H2. The number of sulfonamides is 1. The maximum absolute atomic E-state index is 13.2. The second kappa shape index (κ2) is 5.70. The summed E-state index contributed by atoms with van der Waals surface area (Å²) in [5, 5.41) is 0.261. The highest BCUT2D eigenvalue weighted by Crippen LogP contribution is 2.20. The zero-order valence-corrected chi connectivity index (χ0v) is 10.5. The summed E-state index contributed by atoms with van der Waals surface area (Å²) in [6.45, 7) is 0. The van der Waals surface area contributed by atoms with Crippen molar-refractivity contribution in [3.8, 4) is 0 Å². The maximum Gasteiger partial charge on any atom is 0.232 e. The summed E-state index contributed by atoms with van der Waals surface area (Å²) < 4.78 is 38.2. The van der Waals surface area contributed by atoms with Crippen LogP contribution in [0.5, 0.6) is 0 Å². The van der Waals surface area contributed by atoms with Crippen molar-refractivity contribution in [1.29, 1.82) is 0 Å². The summed E-state index contributed by atoms with van der Waals surface area (Å²) in [6.07, 6.45) is 0.305. The van der Waals surface area contributed by atoms with Gasteiger partial charge in [0.25, 0.3) is 0 Å². The van der Waals surface area contributed by atoms with E-state index in [1.165, 1.54) is 12.1 Å². The molecule has 0 unspecified atom stereocenters. The van der Waals surface area contributed by atoms with Gasteiger partial charge >= 0.3 is 0 Å². The largest absolute Gasteiger partial charge is 0.281 e. The zero-order valence-electron chi connectivity index (χ0n) is 8.21. The molecule has 1 N–H and O–H groups in total. The van der Waals surface area contributed by atoms with Crippen LogP contribution in [0.2, 0.25) is 5.02 Å². The van der Waals surface area contributed by atoms with E-state index in [1.807, 2.05) is 0 Å². The van der Waals surface area contributed by atoms with E-state index in [9.17, 15) is 12.8 Å². The lowest BCUT2D eigenvalue weighted by Crippen LogP contribution is -2.17. The number of benzene rings is 1. The molecule has 0 aliphatic rings. The average molecular weight is 286 g/mol. The second-order valence-electron chi connectivity index (χ2n) is 3.09. The van der Waals surface area contributed by atoms with E-state index in [-0.39, 0.29) is 22.3 Å². The molecule has 1 rings (SSSR count). The van der Waals surface area contributed by atoms with E-state index in [4.69, 9.17) is 23.2 Å². The minimum atomic E-state index is -3.57. The van der Waals surface area contributed by atoms with Crippen LogP contribution in [0.25, 0.3) is 0 Å². The predicted molar refractivity (Wildman–Crippen MR) is 64.2 cm³/mol. The molecule has 16 heavy (non-hydrogen) atoms. The van der Waals surface area contributed by atoms with Crippen LogP contribution in [-0.2, 0) is 10.0 Å². The molecule has 0 bridgehead atoms. The van der Waals surface area contributed by atoms with Crippen molar-refractivity contribution in [3.05, 3.63) is 29.0 Å². The zero-order chi connectivity index (χ0) is 12.2. The Kier molecular flexibility index (Phi) is 4.83. The first-order valence-electron chi connectivity index (χ1n) is 4.46. The third kappa shape index (κ3) is 4.15. The van der Waals surface area contributed by atoms with Gasteiger partial charge in [-0.15, -0.1) is 11.6 Å². The predicted octanol–water partition coefficient (Wildman–Crippen LogP) is 2.85. The summed E-state index contributed by atoms with van der Waals surface area (Å²) in [7, 11) is -3.57. The molecule has 0 fully saturated rings. The Bertz CT molecular complexity index is 465. The lowest BCUT2D eigenvalue weighted by atomic mass is 10.3. The van der Waals surface area contributed by atoms with Crippen LogP contribution in [0, 0.1) is 5.82 Å². The fourth-order valence-electron chi connectivity index (χ4n) is 1.04. The Hall–Kier alpha value is -0.520. The Balaban J connectivity index is 2.83. The summed E-state index contributed by atoms with van der Waals surface area (Å²) >= 11 is 11.0. The number of halogens is 3. The van der Waals surface area contributed by atoms with Crippen molar-refractivity contribution in [2.75, 3.05) is 16.4 Å². The van der Waals surface area contributed by atoms with Gasteiger partial charge in [-0.3, -0.25) is 4.72 Å². The topological polar surface area (TPSA) is 46.2 Å². The maximum atomic E-state index is 13.2. The summed E-state index contributed by atoms with van der Waals surface area (Å²) in [6, 6.07) is 3.66. The van der Waals surface area contributed by atoms with Gasteiger partial charge in [-0.25, -0.2) is 12.8 Å². The van der Waals surface area contributed by atoms with Crippen LogP contribution in [-0.4, -0.2) is 20.1 Å². The molecule has 3 nitrogen and oxygen atoms in total. The molecule has 0 aliphatic carbocycles. The molecule has 90 valence electrons. The molecule has 0 spiro atoms. The van der Waals surface area contributed by atoms with Crippen LogP contribution < -0.4 is 4.72 Å². The van der Waals surface area contributed by atoms with E-state index < -0.39 is 15.8 Å². The van der Waals surface area contributed by atoms with Gasteiger partial charge in [0, 0.05) is 10.9 Å². The average Bonchev–Trinajstić information content (AvgIpc) is 2.20. The van der Waals surface area contributed by atoms with Gasteiger partial charge in [-0.05, 0) is 24.6 Å². The fraction of sp³-hybridized carbons (Fsp3) is 0.333. The first-order chi connectivity index (χ1) is 7.44. The molecule has 1 aromatic carbocycles. The van der Waals surface area contributed by atoms with Crippen LogP contribution in [0.1, 0.15) is 6.42 Å². The number of hydrogen-bond acceptors (Lipinski definition) is 2. The van der Waals surface area contributed by atoms with Crippen LogP contribution in [0.15, 0.2) is 18.2 Å². The highest BCUT2D eigenvalue weighted by molar-refractivity contribution is 7.92. The lowest BCUT2D eigenvalue weighted by Gasteiger charge is -2.08. The Labute approximate surface area is 104 Å². The van der Waals surface area contributed by atoms with Crippen molar-refractivity contribution in [1.82, 2.24) is 0 Å². The molecular formula is C9H10Cl2FNO2S. The van der Waals surface area contributed by atoms with Crippen molar-refractivity contribution in [2.24, 2.45) is 0 Å². The third-order valence-corrected chi connectivity index (χ3v) is 3.60. The van der Waals surface area contributed by atoms with Crippen LogP contribution in [0.4, 0.5) is 10.1 Å². The van der Waals surface area contributed by atoms with Crippen molar-refractivity contribution < 1.29 is 12.8 Å². The summed E-state index contributed by atoms with van der Waals surface area (Å²) in [4.78, 5) is 0. The number of anilines is 1. The molecule has 1 aromatic rings. The monoisotopic (exact) mass is 285 g/mol. The molecule has 0 heterocycles. The van der Waals surface area contributed by atoms with Gasteiger partial charge in [0.1, 0.15) is 5.82 Å². The Morgan fingerprint density at radius 2 is 2.06 bits per heavy atom. The molecule has 0 radical (unpaired) electrons. The highest BCUT2D eigenvalue weighted by atomic mass is 35.5. The molecule has 0 aromatic heterocycles. The first-order valence-corrected chi connectivity index (χ1v) is 7.02. The van der Waals surface area contributed by atoms with Crippen LogP contribution in [0.3, 0.4) is 0 Å². The number of nitrogens with one attached hydrogen (secondary N) is 1. The molecule has 0 amide bonds. The van der Waals surface area contributed by atoms with E-state index in [0.29, 0.717) is 6.42 Å². The molecule has 0 atom stereocenters. The SMILES string of the molecule is O=S(=O)(CCCCl)Nc1cc(Cl)ccc1F. The number of hydrogen-bond donors (Lipinski definition) is 1. The van der Waals surface area contributed by atoms with Gasteiger partial charge in [0.15, 0.2) is 0 Å². The quantitative estimate of drug-likeness (QED) is 0.846. The number of alkyl halides is 1. The van der Waals surface area contributed by atoms with Gasteiger partial charge in [0.05, 0.1) is 11.4 Å². The van der Waals surface area contributed by atoms with Crippen molar-refractivity contribution in [2.45, 2.75) is 6.42 Å². The second-order valence-corrected chi connectivity index (χ2v) is 5.74. The smallest absolute Gasteiger partial charge is 0.232 e. The van der Waals surface area contributed by atoms with E-state index in [1.54, 1.807) is 0 Å². The summed E-state index contributed by atoms with van der Waals surface area (Å²) in [5.41, 5.74) is -0.151. The van der Waals surface area contributed by atoms with Gasteiger partial charge in [0.2, 0.25) is 10.0 Å². The van der Waals surface area contributed by atoms with E-state index in [2.05, 4.69) is 4.72 Å². The first kappa shape index (κ1) is 13.5. The van der Waals surface area contributed by atoms with Crippen molar-refractivity contribution >= 4 is 38.9 Å². The lowest BCUT2D eigenvalue weighted by molar-refractivity contribution is 0.597. The van der Waals surface area contributed by atoms with Gasteiger partial charge in [-0.1, -0.05) is 11.6 Å². The third-order valence-electron chi connectivity index (χ3n) is 1.74. The minimum absolute atomic E-state index is 0.150. The number of rotatable bonds is 5. The van der Waals surface area contributed by atoms with E-state index >= 15 is 0 Å². The van der Waals surface area contributed by atoms with Gasteiger partial charge in [-0.2, -0.15) is 0 Å².